The van der Waals surface area contributed by atoms with E-state index in [1.807, 2.05) is 20.8 Å². The van der Waals surface area contributed by atoms with Crippen LogP contribution < -0.4 is 5.56 Å². The third-order valence-electron chi connectivity index (χ3n) is 5.27. The lowest BCUT2D eigenvalue weighted by Gasteiger charge is -2.32. The van der Waals surface area contributed by atoms with E-state index in [0.29, 0.717) is 6.10 Å². The van der Waals surface area contributed by atoms with Crippen molar-refractivity contribution in [2.45, 2.75) is 96.2 Å². The van der Waals surface area contributed by atoms with Crippen molar-refractivity contribution < 1.29 is 4.43 Å². The second-order valence-electron chi connectivity index (χ2n) is 10.7. The van der Waals surface area contributed by atoms with Crippen molar-refractivity contribution in [1.82, 2.24) is 9.78 Å². The lowest BCUT2D eigenvalue weighted by molar-refractivity contribution is 0.0767. The van der Waals surface area contributed by atoms with E-state index in [0.717, 1.165) is 29.9 Å². The highest BCUT2D eigenvalue weighted by Crippen LogP contribution is 2.29. The molecular formula is C25H39ClN2O2SSi. The highest BCUT2D eigenvalue weighted by molar-refractivity contribution is 7.98. The van der Waals surface area contributed by atoms with Gasteiger partial charge in [0.25, 0.3) is 5.56 Å². The van der Waals surface area contributed by atoms with Gasteiger partial charge in [-0.2, -0.15) is 5.10 Å². The van der Waals surface area contributed by atoms with Crippen LogP contribution in [-0.4, -0.2) is 24.9 Å². The molecule has 0 aliphatic heterocycles. The summed E-state index contributed by atoms with van der Waals surface area (Å²) < 4.78 is 7.72. The lowest BCUT2D eigenvalue weighted by Crippen LogP contribution is -2.36. The number of hydrogen-bond acceptors (Lipinski definition) is 4. The average Bonchev–Trinajstić information content (AvgIpc) is 2.67. The second-order valence-corrected chi connectivity index (χ2v) is 14.5. The molecule has 2 rings (SSSR count). The molecule has 2 aromatic rings. The molecule has 0 amide bonds. The molecule has 0 bridgehead atoms. The van der Waals surface area contributed by atoms with Crippen LogP contribution in [0, 0.1) is 5.41 Å². The van der Waals surface area contributed by atoms with Crippen LogP contribution in [0.15, 0.2) is 40.2 Å². The molecule has 1 heterocycles. The van der Waals surface area contributed by atoms with Crippen LogP contribution >= 0.6 is 23.4 Å². The standard InChI is InChI=1S/C25H39ClN2O2SSi/c1-24(2,3)21(30-32(7)8)11-9-10-18-12-14-19(15-13-18)17-31-20-16-27-28(25(4,5)6)23(29)22(20)26/h12-16,21,32H,9-11,17H2,1-8H3. The molecule has 1 aromatic carbocycles. The van der Waals surface area contributed by atoms with Crippen molar-refractivity contribution >= 4 is 32.4 Å². The predicted molar refractivity (Wildman–Crippen MR) is 141 cm³/mol. The molecule has 0 saturated heterocycles. The van der Waals surface area contributed by atoms with Crippen molar-refractivity contribution in [3.63, 3.8) is 0 Å². The molecule has 0 spiro atoms. The Morgan fingerprint density at radius 3 is 2.22 bits per heavy atom. The summed E-state index contributed by atoms with van der Waals surface area (Å²) in [7, 11) is -1.04. The van der Waals surface area contributed by atoms with Gasteiger partial charge < -0.3 is 4.43 Å². The summed E-state index contributed by atoms with van der Waals surface area (Å²) in [6.45, 7) is 17.1. The molecule has 178 valence electrons. The quantitative estimate of drug-likeness (QED) is 0.288. The minimum atomic E-state index is -1.04. The van der Waals surface area contributed by atoms with Crippen molar-refractivity contribution in [2.75, 3.05) is 0 Å². The van der Waals surface area contributed by atoms with Gasteiger partial charge >= 0.3 is 0 Å². The Hall–Kier alpha value is -1.08. The number of aromatic nitrogens is 2. The fraction of sp³-hybridized carbons (Fsp3) is 0.600. The van der Waals surface area contributed by atoms with Gasteiger partial charge in [0.05, 0.1) is 16.6 Å². The zero-order chi connectivity index (χ0) is 24.1. The number of thioether (sulfide) groups is 1. The molecule has 32 heavy (non-hydrogen) atoms. The van der Waals surface area contributed by atoms with E-state index >= 15 is 0 Å². The van der Waals surface area contributed by atoms with Gasteiger partial charge in [-0.15, -0.1) is 11.8 Å². The van der Waals surface area contributed by atoms with Gasteiger partial charge in [0.1, 0.15) is 5.02 Å². The van der Waals surface area contributed by atoms with Gasteiger partial charge in [0.15, 0.2) is 9.04 Å². The third kappa shape index (κ3) is 8.05. The summed E-state index contributed by atoms with van der Waals surface area (Å²) in [5.74, 6) is 0.750. The molecule has 1 unspecified atom stereocenters. The van der Waals surface area contributed by atoms with Crippen LogP contribution in [0.4, 0.5) is 0 Å². The predicted octanol–water partition coefficient (Wildman–Crippen LogP) is 6.68. The highest BCUT2D eigenvalue weighted by atomic mass is 35.5. The molecule has 0 aliphatic carbocycles. The number of halogens is 1. The van der Waals surface area contributed by atoms with E-state index < -0.39 is 14.6 Å². The van der Waals surface area contributed by atoms with Crippen molar-refractivity contribution in [1.29, 1.82) is 0 Å². The van der Waals surface area contributed by atoms with Crippen LogP contribution in [-0.2, 0) is 22.1 Å². The van der Waals surface area contributed by atoms with E-state index in [1.54, 1.807) is 18.0 Å². The molecule has 0 aliphatic rings. The minimum absolute atomic E-state index is 0.183. The fourth-order valence-electron chi connectivity index (χ4n) is 3.48. The molecule has 0 saturated carbocycles. The van der Waals surface area contributed by atoms with E-state index in [1.165, 1.54) is 15.8 Å². The lowest BCUT2D eigenvalue weighted by atomic mass is 9.86. The second kappa shape index (κ2) is 11.4. The number of aryl methyl sites for hydroxylation is 1. The van der Waals surface area contributed by atoms with Gasteiger partial charge in [-0.25, -0.2) is 4.68 Å². The van der Waals surface area contributed by atoms with Gasteiger partial charge in [-0.05, 0) is 69.7 Å². The molecule has 0 N–H and O–H groups in total. The Kier molecular flexibility index (Phi) is 9.65. The van der Waals surface area contributed by atoms with Crippen LogP contribution in [0.1, 0.15) is 65.5 Å². The van der Waals surface area contributed by atoms with Gasteiger partial charge in [-0.3, -0.25) is 4.79 Å². The van der Waals surface area contributed by atoms with Gasteiger partial charge in [-0.1, -0.05) is 56.6 Å². The zero-order valence-electron chi connectivity index (χ0n) is 20.9. The highest BCUT2D eigenvalue weighted by Gasteiger charge is 2.25. The molecular weight excluding hydrogens is 456 g/mol. The summed E-state index contributed by atoms with van der Waals surface area (Å²) in [5, 5.41) is 4.56. The minimum Gasteiger partial charge on any atom is -0.417 e. The Morgan fingerprint density at radius 2 is 1.69 bits per heavy atom. The molecule has 4 nitrogen and oxygen atoms in total. The first-order chi connectivity index (χ1) is 14.8. The molecule has 0 fully saturated rings. The first-order valence-corrected chi connectivity index (χ1v) is 15.6. The topological polar surface area (TPSA) is 44.1 Å². The van der Waals surface area contributed by atoms with E-state index in [2.05, 4.69) is 63.2 Å². The number of hydrogen-bond donors (Lipinski definition) is 0. The monoisotopic (exact) mass is 494 g/mol. The maximum atomic E-state index is 12.5. The number of nitrogens with zero attached hydrogens (tertiary/aromatic N) is 2. The Labute approximate surface area is 204 Å². The summed E-state index contributed by atoms with van der Waals surface area (Å²) in [5.41, 5.74) is 2.10. The van der Waals surface area contributed by atoms with Crippen LogP contribution in [0.2, 0.25) is 18.1 Å². The van der Waals surface area contributed by atoms with Crippen LogP contribution in [0.3, 0.4) is 0 Å². The summed E-state index contributed by atoms with van der Waals surface area (Å²) in [6, 6.07) is 8.74. The van der Waals surface area contributed by atoms with Crippen LogP contribution in [0.25, 0.3) is 0 Å². The fourth-order valence-corrected chi connectivity index (χ4v) is 5.83. The maximum Gasteiger partial charge on any atom is 0.287 e. The van der Waals surface area contributed by atoms with Crippen molar-refractivity contribution in [3.05, 3.63) is 57.0 Å². The molecule has 7 heteroatoms. The SMILES string of the molecule is C[SiH](C)OC(CCCc1ccc(CSc2cnn(C(C)(C)C)c(=O)c2Cl)cc1)C(C)(C)C. The first kappa shape index (κ1) is 27.2. The molecule has 1 aromatic heterocycles. The van der Waals surface area contributed by atoms with E-state index in [4.69, 9.17) is 16.0 Å². The smallest absolute Gasteiger partial charge is 0.287 e. The first-order valence-electron chi connectivity index (χ1n) is 11.4. The molecule has 1 atom stereocenters. The van der Waals surface area contributed by atoms with Crippen LogP contribution in [0.5, 0.6) is 0 Å². The maximum absolute atomic E-state index is 12.5. The number of benzene rings is 1. The largest absolute Gasteiger partial charge is 0.417 e. The zero-order valence-corrected chi connectivity index (χ0v) is 23.6. The Morgan fingerprint density at radius 1 is 1.09 bits per heavy atom. The van der Waals surface area contributed by atoms with Gasteiger partial charge in [0, 0.05) is 11.9 Å². The van der Waals surface area contributed by atoms with Gasteiger partial charge in [0.2, 0.25) is 0 Å². The normalized spacial score (nSPS) is 13.6. The van der Waals surface area contributed by atoms with Crippen molar-refractivity contribution in [3.8, 4) is 0 Å². The summed E-state index contributed by atoms with van der Waals surface area (Å²) in [6.07, 6.45) is 5.31. The summed E-state index contributed by atoms with van der Waals surface area (Å²) in [4.78, 5) is 13.2. The summed E-state index contributed by atoms with van der Waals surface area (Å²) >= 11 is 7.89. The van der Waals surface area contributed by atoms with Crippen molar-refractivity contribution in [2.24, 2.45) is 5.41 Å². The Balaban J connectivity index is 1.92. The van der Waals surface area contributed by atoms with E-state index in [9.17, 15) is 4.79 Å². The van der Waals surface area contributed by atoms with E-state index in [-0.39, 0.29) is 16.0 Å². The third-order valence-corrected chi connectivity index (χ3v) is 7.72. The molecule has 0 radical (unpaired) electrons. The number of rotatable bonds is 9. The average molecular weight is 495 g/mol. The Bertz CT molecular complexity index is 931.